The molecule has 0 atom stereocenters. The molecule has 4 N–H and O–H groups in total. The summed E-state index contributed by atoms with van der Waals surface area (Å²) in [5.41, 5.74) is 5.06. The first-order valence-electron chi connectivity index (χ1n) is 5.79. The van der Waals surface area contributed by atoms with Gasteiger partial charge in [0, 0.05) is 0 Å². The van der Waals surface area contributed by atoms with E-state index in [2.05, 4.69) is 24.4 Å². The van der Waals surface area contributed by atoms with Gasteiger partial charge in [0.25, 0.3) is 0 Å². The monoisotopic (exact) mass is 236 g/mol. The number of carbonyl (C=O) groups is 1. The summed E-state index contributed by atoms with van der Waals surface area (Å²) in [4.78, 5) is 10.6. The molecule has 1 aromatic carbocycles. The van der Waals surface area contributed by atoms with Gasteiger partial charge in [-0.25, -0.2) is 0 Å². The molecule has 0 spiro atoms. The second-order valence-corrected chi connectivity index (χ2v) is 4.30. The quantitative estimate of drug-likeness (QED) is 0.667. The fourth-order valence-corrected chi connectivity index (χ4v) is 1.62. The summed E-state index contributed by atoms with van der Waals surface area (Å²) < 4.78 is 0. The van der Waals surface area contributed by atoms with Crippen molar-refractivity contribution >= 4 is 5.91 Å². The standard InChI is InChI=1S/C7H8.C6H12N2O2/c1-7-5-3-2-4-6-7;7-5(9)6(10)1-3-8-4-2-6/h2-6H,1H3;8,10H,1-4H2,(H2,7,9). The number of piperidine rings is 1. The molecule has 1 amide bonds. The Bertz CT molecular complexity index is 346. The number of rotatable bonds is 1. The van der Waals surface area contributed by atoms with E-state index in [4.69, 9.17) is 5.73 Å². The van der Waals surface area contributed by atoms with Crippen LogP contribution < -0.4 is 11.1 Å². The molecule has 94 valence electrons. The smallest absolute Gasteiger partial charge is 0.249 e. The highest BCUT2D eigenvalue weighted by molar-refractivity contribution is 5.83. The highest BCUT2D eigenvalue weighted by Gasteiger charge is 2.34. The van der Waals surface area contributed by atoms with Crippen LogP contribution in [-0.4, -0.2) is 29.7 Å². The maximum Gasteiger partial charge on any atom is 0.249 e. The molecule has 1 aromatic rings. The Kier molecular flexibility index (Phi) is 5.12. The second-order valence-electron chi connectivity index (χ2n) is 4.30. The van der Waals surface area contributed by atoms with Crippen molar-refractivity contribution in [2.75, 3.05) is 13.1 Å². The SMILES string of the molecule is Cc1ccccc1.NC(=O)C1(O)CCNCC1. The lowest BCUT2D eigenvalue weighted by Gasteiger charge is -2.28. The Balaban J connectivity index is 0.000000181. The minimum atomic E-state index is -1.24. The molecule has 4 nitrogen and oxygen atoms in total. The summed E-state index contributed by atoms with van der Waals surface area (Å²) >= 11 is 0. The molecular weight excluding hydrogens is 216 g/mol. The van der Waals surface area contributed by atoms with E-state index in [1.165, 1.54) is 5.56 Å². The summed E-state index contributed by atoms with van der Waals surface area (Å²) in [6.45, 7) is 3.42. The first-order valence-corrected chi connectivity index (χ1v) is 5.79. The molecular formula is C13H20N2O2. The normalized spacial score (nSPS) is 17.8. The van der Waals surface area contributed by atoms with Crippen molar-refractivity contribution in [3.8, 4) is 0 Å². The number of nitrogens with two attached hydrogens (primary N) is 1. The lowest BCUT2D eigenvalue weighted by atomic mass is 9.92. The molecule has 0 aromatic heterocycles. The number of aliphatic hydroxyl groups is 1. The van der Waals surface area contributed by atoms with E-state index in [1.807, 2.05) is 18.2 Å². The predicted molar refractivity (Wildman–Crippen MR) is 67.4 cm³/mol. The third-order valence-electron chi connectivity index (χ3n) is 2.83. The highest BCUT2D eigenvalue weighted by atomic mass is 16.3. The number of amides is 1. The van der Waals surface area contributed by atoms with Crippen molar-refractivity contribution in [3.63, 3.8) is 0 Å². The largest absolute Gasteiger partial charge is 0.380 e. The zero-order chi connectivity index (χ0) is 12.7. The molecule has 0 unspecified atom stereocenters. The van der Waals surface area contributed by atoms with Gasteiger partial charge in [0.1, 0.15) is 5.60 Å². The van der Waals surface area contributed by atoms with E-state index in [-0.39, 0.29) is 0 Å². The Morgan fingerprint density at radius 1 is 1.29 bits per heavy atom. The molecule has 0 bridgehead atoms. The van der Waals surface area contributed by atoms with E-state index in [9.17, 15) is 9.90 Å². The van der Waals surface area contributed by atoms with Crippen LogP contribution in [0.5, 0.6) is 0 Å². The molecule has 17 heavy (non-hydrogen) atoms. The fourth-order valence-electron chi connectivity index (χ4n) is 1.62. The van der Waals surface area contributed by atoms with Crippen LogP contribution in [0.2, 0.25) is 0 Å². The van der Waals surface area contributed by atoms with Crippen molar-refractivity contribution in [2.45, 2.75) is 25.4 Å². The van der Waals surface area contributed by atoms with Gasteiger partial charge in [-0.05, 0) is 32.9 Å². The molecule has 4 heteroatoms. The average Bonchev–Trinajstić information content (AvgIpc) is 2.31. The van der Waals surface area contributed by atoms with Gasteiger partial charge in [0.05, 0.1) is 0 Å². The topological polar surface area (TPSA) is 75.4 Å². The molecule has 2 rings (SSSR count). The van der Waals surface area contributed by atoms with Crippen molar-refractivity contribution in [1.29, 1.82) is 0 Å². The summed E-state index contributed by atoms with van der Waals surface area (Å²) in [7, 11) is 0. The Labute approximate surface area is 102 Å². The number of nitrogens with one attached hydrogen (secondary N) is 1. The van der Waals surface area contributed by atoms with Gasteiger partial charge in [0.2, 0.25) is 5.91 Å². The van der Waals surface area contributed by atoms with E-state index >= 15 is 0 Å². The molecule has 0 aliphatic carbocycles. The van der Waals surface area contributed by atoms with E-state index in [0.29, 0.717) is 25.9 Å². The van der Waals surface area contributed by atoms with Crippen molar-refractivity contribution in [2.24, 2.45) is 5.73 Å². The van der Waals surface area contributed by atoms with E-state index in [1.54, 1.807) is 0 Å². The first kappa shape index (κ1) is 13.7. The third-order valence-corrected chi connectivity index (χ3v) is 2.83. The lowest BCUT2D eigenvalue weighted by Crippen LogP contribution is -2.50. The van der Waals surface area contributed by atoms with Crippen molar-refractivity contribution in [1.82, 2.24) is 5.32 Å². The lowest BCUT2D eigenvalue weighted by molar-refractivity contribution is -0.138. The molecule has 1 heterocycles. The van der Waals surface area contributed by atoms with Crippen LogP contribution in [0.15, 0.2) is 30.3 Å². The van der Waals surface area contributed by atoms with Crippen LogP contribution in [0.3, 0.4) is 0 Å². The zero-order valence-electron chi connectivity index (χ0n) is 10.1. The Morgan fingerprint density at radius 2 is 1.82 bits per heavy atom. The molecule has 1 aliphatic heterocycles. The van der Waals surface area contributed by atoms with Crippen LogP contribution in [0.4, 0.5) is 0 Å². The fraction of sp³-hybridized carbons (Fsp3) is 0.462. The summed E-state index contributed by atoms with van der Waals surface area (Å²) in [5, 5.41) is 12.5. The molecule has 0 radical (unpaired) electrons. The van der Waals surface area contributed by atoms with Crippen LogP contribution in [0.25, 0.3) is 0 Å². The maximum atomic E-state index is 10.6. The Hall–Kier alpha value is -1.39. The minimum absolute atomic E-state index is 0.433. The molecule has 1 saturated heterocycles. The number of aryl methyl sites for hydroxylation is 1. The summed E-state index contributed by atoms with van der Waals surface area (Å²) in [6.07, 6.45) is 0.866. The van der Waals surface area contributed by atoms with Crippen LogP contribution in [-0.2, 0) is 4.79 Å². The highest BCUT2D eigenvalue weighted by Crippen LogP contribution is 2.16. The number of primary amides is 1. The second kappa shape index (κ2) is 6.37. The van der Waals surface area contributed by atoms with E-state index < -0.39 is 11.5 Å². The summed E-state index contributed by atoms with van der Waals surface area (Å²) in [6, 6.07) is 10.3. The van der Waals surface area contributed by atoms with Gasteiger partial charge >= 0.3 is 0 Å². The molecule has 0 saturated carbocycles. The Morgan fingerprint density at radius 3 is 2.12 bits per heavy atom. The summed E-state index contributed by atoms with van der Waals surface area (Å²) in [5.74, 6) is -0.603. The van der Waals surface area contributed by atoms with Gasteiger partial charge in [-0.2, -0.15) is 0 Å². The average molecular weight is 236 g/mol. The van der Waals surface area contributed by atoms with Gasteiger partial charge in [-0.3, -0.25) is 4.79 Å². The number of hydrogen-bond donors (Lipinski definition) is 3. The number of benzene rings is 1. The molecule has 1 aliphatic rings. The van der Waals surface area contributed by atoms with Crippen molar-refractivity contribution < 1.29 is 9.90 Å². The third kappa shape index (κ3) is 4.54. The minimum Gasteiger partial charge on any atom is -0.380 e. The van der Waals surface area contributed by atoms with Crippen molar-refractivity contribution in [3.05, 3.63) is 35.9 Å². The van der Waals surface area contributed by atoms with Gasteiger partial charge in [-0.15, -0.1) is 0 Å². The molecule has 1 fully saturated rings. The number of hydrogen-bond acceptors (Lipinski definition) is 3. The maximum absolute atomic E-state index is 10.6. The predicted octanol–water partition coefficient (Wildman–Crippen LogP) is 0.581. The van der Waals surface area contributed by atoms with Gasteiger partial charge < -0.3 is 16.2 Å². The van der Waals surface area contributed by atoms with E-state index in [0.717, 1.165) is 0 Å². The van der Waals surface area contributed by atoms with Gasteiger partial charge in [0.15, 0.2) is 0 Å². The van der Waals surface area contributed by atoms with Crippen LogP contribution in [0, 0.1) is 6.92 Å². The van der Waals surface area contributed by atoms with Crippen LogP contribution >= 0.6 is 0 Å². The zero-order valence-corrected chi connectivity index (χ0v) is 10.1. The van der Waals surface area contributed by atoms with Crippen LogP contribution in [0.1, 0.15) is 18.4 Å². The first-order chi connectivity index (χ1) is 8.04. The number of carbonyl (C=O) groups excluding carboxylic acids is 1. The van der Waals surface area contributed by atoms with Gasteiger partial charge in [-0.1, -0.05) is 35.9 Å².